The molecule has 0 bridgehead atoms. The minimum Gasteiger partial charge on any atom is -0.480 e. The molecule has 0 aromatic rings. The predicted octanol–water partition coefficient (Wildman–Crippen LogP) is -0.188. The van der Waals surface area contributed by atoms with Crippen molar-refractivity contribution >= 4 is 12.0 Å². The fourth-order valence-corrected chi connectivity index (χ4v) is 1.84. The Bertz CT molecular complexity index is 359. The highest BCUT2D eigenvalue weighted by Crippen LogP contribution is 2.03. The first kappa shape index (κ1) is 14.3. The van der Waals surface area contributed by atoms with Gasteiger partial charge in [0.25, 0.3) is 0 Å². The first-order chi connectivity index (χ1) is 8.63. The van der Waals surface area contributed by atoms with E-state index in [1.165, 1.54) is 0 Å². The minimum atomic E-state index is -0.828. The lowest BCUT2D eigenvalue weighted by atomic mass is 10.4. The Hall–Kier alpha value is -1.74. The zero-order chi connectivity index (χ0) is 13.4. The van der Waals surface area contributed by atoms with Crippen molar-refractivity contribution in [1.29, 1.82) is 0 Å². The zero-order valence-corrected chi connectivity index (χ0v) is 10.6. The normalized spacial score (nSPS) is 16.4. The van der Waals surface area contributed by atoms with Gasteiger partial charge in [0.1, 0.15) is 0 Å². The van der Waals surface area contributed by atoms with Crippen LogP contribution in [0.15, 0.2) is 0 Å². The Kier molecular flexibility index (Phi) is 6.01. The van der Waals surface area contributed by atoms with Crippen LogP contribution in [0.3, 0.4) is 0 Å². The van der Waals surface area contributed by atoms with Crippen molar-refractivity contribution in [2.75, 3.05) is 39.3 Å². The number of carboxylic acids is 1. The quantitative estimate of drug-likeness (QED) is 0.684. The lowest BCUT2D eigenvalue weighted by Crippen LogP contribution is -2.42. The Morgan fingerprint density at radius 3 is 2.72 bits per heavy atom. The van der Waals surface area contributed by atoms with Gasteiger partial charge in [0, 0.05) is 26.2 Å². The van der Waals surface area contributed by atoms with Crippen molar-refractivity contribution in [1.82, 2.24) is 15.1 Å². The van der Waals surface area contributed by atoms with Crippen LogP contribution >= 0.6 is 0 Å². The van der Waals surface area contributed by atoms with E-state index < -0.39 is 5.97 Å². The molecule has 0 aliphatic carbocycles. The first-order valence-electron chi connectivity index (χ1n) is 6.00. The van der Waals surface area contributed by atoms with Crippen LogP contribution < -0.4 is 5.32 Å². The van der Waals surface area contributed by atoms with Gasteiger partial charge in [0.2, 0.25) is 0 Å². The number of nitrogens with zero attached hydrogens (tertiary/aromatic N) is 2. The molecule has 18 heavy (non-hydrogen) atoms. The van der Waals surface area contributed by atoms with Crippen molar-refractivity contribution in [3.8, 4) is 11.8 Å². The lowest BCUT2D eigenvalue weighted by Gasteiger charge is -2.21. The van der Waals surface area contributed by atoms with E-state index in [2.05, 4.69) is 17.2 Å². The molecule has 1 saturated heterocycles. The summed E-state index contributed by atoms with van der Waals surface area (Å²) in [6, 6.07) is -0.130. The van der Waals surface area contributed by atoms with E-state index >= 15 is 0 Å². The topological polar surface area (TPSA) is 72.9 Å². The van der Waals surface area contributed by atoms with Crippen LogP contribution in [0.1, 0.15) is 13.3 Å². The molecule has 2 amide bonds. The number of carbonyl (C=O) groups excluding carboxylic acids is 1. The maximum atomic E-state index is 11.8. The molecule has 0 unspecified atom stereocenters. The Morgan fingerprint density at radius 1 is 1.28 bits per heavy atom. The number of aliphatic carboxylic acids is 1. The van der Waals surface area contributed by atoms with Gasteiger partial charge in [-0.05, 0) is 13.3 Å². The highest BCUT2D eigenvalue weighted by molar-refractivity contribution is 5.74. The summed E-state index contributed by atoms with van der Waals surface area (Å²) in [5.74, 6) is 4.65. The molecule has 1 fully saturated rings. The summed E-state index contributed by atoms with van der Waals surface area (Å²) in [4.78, 5) is 25.9. The second-order valence-electron chi connectivity index (χ2n) is 4.10. The molecule has 0 aromatic carbocycles. The molecule has 6 nitrogen and oxygen atoms in total. The molecule has 100 valence electrons. The molecule has 6 heteroatoms. The number of hydrogen-bond acceptors (Lipinski definition) is 3. The average molecular weight is 253 g/mol. The Balaban J connectivity index is 2.37. The summed E-state index contributed by atoms with van der Waals surface area (Å²) in [6.45, 7) is 4.63. The van der Waals surface area contributed by atoms with Crippen LogP contribution in [0.25, 0.3) is 0 Å². The van der Waals surface area contributed by atoms with Crippen LogP contribution in [0.5, 0.6) is 0 Å². The summed E-state index contributed by atoms with van der Waals surface area (Å²) < 4.78 is 0. The molecule has 0 aromatic heterocycles. The lowest BCUT2D eigenvalue weighted by molar-refractivity contribution is -0.138. The molecule has 0 saturated carbocycles. The van der Waals surface area contributed by atoms with Crippen molar-refractivity contribution in [2.45, 2.75) is 13.3 Å². The smallest absolute Gasteiger partial charge is 0.318 e. The number of rotatable bonds is 3. The van der Waals surface area contributed by atoms with E-state index in [0.29, 0.717) is 32.7 Å². The van der Waals surface area contributed by atoms with Crippen LogP contribution in [-0.4, -0.2) is 66.2 Å². The average Bonchev–Trinajstić information content (AvgIpc) is 2.54. The standard InChI is InChI=1S/C12H19N3O3/c1-2-3-5-13-12(18)15-7-4-6-14(8-9-15)10-11(16)17/h4-10H2,1H3,(H,13,18)(H,16,17). The number of hydrogen-bond donors (Lipinski definition) is 2. The Morgan fingerprint density at radius 2 is 2.06 bits per heavy atom. The van der Waals surface area contributed by atoms with Gasteiger partial charge in [-0.15, -0.1) is 5.92 Å². The summed E-state index contributed by atoms with van der Waals surface area (Å²) >= 11 is 0. The Labute approximate surface area is 107 Å². The number of carbonyl (C=O) groups is 2. The van der Waals surface area contributed by atoms with Crippen molar-refractivity contribution in [3.05, 3.63) is 0 Å². The molecule has 1 heterocycles. The molecule has 2 N–H and O–H groups in total. The fraction of sp³-hybridized carbons (Fsp3) is 0.667. The van der Waals surface area contributed by atoms with E-state index in [-0.39, 0.29) is 12.6 Å². The molecule has 1 rings (SSSR count). The molecule has 0 radical (unpaired) electrons. The van der Waals surface area contributed by atoms with Gasteiger partial charge in [-0.1, -0.05) is 5.92 Å². The van der Waals surface area contributed by atoms with Crippen LogP contribution in [0.4, 0.5) is 4.79 Å². The van der Waals surface area contributed by atoms with E-state index in [1.54, 1.807) is 11.8 Å². The van der Waals surface area contributed by atoms with Crippen LogP contribution in [0.2, 0.25) is 0 Å². The van der Waals surface area contributed by atoms with Gasteiger partial charge in [-0.3, -0.25) is 9.69 Å². The van der Waals surface area contributed by atoms with Crippen LogP contribution in [0, 0.1) is 11.8 Å². The number of urea groups is 1. The van der Waals surface area contributed by atoms with Gasteiger partial charge in [0.15, 0.2) is 0 Å². The molecule has 0 atom stereocenters. The van der Waals surface area contributed by atoms with E-state index in [4.69, 9.17) is 5.11 Å². The molecular weight excluding hydrogens is 234 g/mol. The van der Waals surface area contributed by atoms with Gasteiger partial charge in [-0.2, -0.15) is 0 Å². The predicted molar refractivity (Wildman–Crippen MR) is 67.1 cm³/mol. The maximum absolute atomic E-state index is 11.8. The maximum Gasteiger partial charge on any atom is 0.318 e. The van der Waals surface area contributed by atoms with Gasteiger partial charge in [-0.25, -0.2) is 4.79 Å². The third-order valence-electron chi connectivity index (χ3n) is 2.74. The molecule has 1 aliphatic heterocycles. The van der Waals surface area contributed by atoms with Crippen molar-refractivity contribution in [3.63, 3.8) is 0 Å². The van der Waals surface area contributed by atoms with E-state index in [9.17, 15) is 9.59 Å². The third-order valence-corrected chi connectivity index (χ3v) is 2.74. The van der Waals surface area contributed by atoms with Gasteiger partial charge in [0.05, 0.1) is 13.1 Å². The number of amides is 2. The second kappa shape index (κ2) is 7.56. The van der Waals surface area contributed by atoms with Gasteiger partial charge < -0.3 is 15.3 Å². The fourth-order valence-electron chi connectivity index (χ4n) is 1.84. The molecular formula is C12H19N3O3. The number of carboxylic acid groups (broad SMARTS) is 1. The monoisotopic (exact) mass is 253 g/mol. The molecule has 0 spiro atoms. The van der Waals surface area contributed by atoms with E-state index in [0.717, 1.165) is 6.42 Å². The minimum absolute atomic E-state index is 0.0385. The van der Waals surface area contributed by atoms with Crippen molar-refractivity contribution < 1.29 is 14.7 Å². The summed E-state index contributed by atoms with van der Waals surface area (Å²) in [7, 11) is 0. The van der Waals surface area contributed by atoms with E-state index in [1.807, 2.05) is 4.90 Å². The van der Waals surface area contributed by atoms with Crippen LogP contribution in [-0.2, 0) is 4.79 Å². The summed E-state index contributed by atoms with van der Waals surface area (Å²) in [6.07, 6.45) is 0.792. The largest absolute Gasteiger partial charge is 0.480 e. The summed E-state index contributed by atoms with van der Waals surface area (Å²) in [5, 5.41) is 11.4. The highest BCUT2D eigenvalue weighted by Gasteiger charge is 2.19. The third kappa shape index (κ3) is 5.06. The SMILES string of the molecule is CC#CCNC(=O)N1CCCN(CC(=O)O)CC1. The van der Waals surface area contributed by atoms with Gasteiger partial charge >= 0.3 is 12.0 Å². The molecule has 1 aliphatic rings. The first-order valence-corrected chi connectivity index (χ1v) is 6.00. The summed E-state index contributed by atoms with van der Waals surface area (Å²) in [5.41, 5.74) is 0. The van der Waals surface area contributed by atoms with Crippen molar-refractivity contribution in [2.24, 2.45) is 0 Å². The highest BCUT2D eigenvalue weighted by atomic mass is 16.4. The zero-order valence-electron chi connectivity index (χ0n) is 10.6. The second-order valence-corrected chi connectivity index (χ2v) is 4.10. The number of nitrogens with one attached hydrogen (secondary N) is 1.